The van der Waals surface area contributed by atoms with Crippen LogP contribution in [-0.2, 0) is 11.2 Å². The van der Waals surface area contributed by atoms with Crippen molar-refractivity contribution in [1.29, 1.82) is 0 Å². The number of Topliss-reactive ketones (excluding diaryl/α,β-unsaturated/α-hetero) is 2. The van der Waals surface area contributed by atoms with E-state index in [0.29, 0.717) is 75.3 Å². The number of aryl methyl sites for hydroxylation is 1. The van der Waals surface area contributed by atoms with Gasteiger partial charge in [-0.1, -0.05) is 71.8 Å². The number of carbonyl (C=O) groups is 4. The number of benzene rings is 7. The first-order valence-corrected chi connectivity index (χ1v) is 26.7. The van der Waals surface area contributed by atoms with Gasteiger partial charge in [-0.15, -0.1) is 11.3 Å². The Morgan fingerprint density at radius 1 is 0.741 bits per heavy atom. The average molecular weight is 1190 g/mol. The number of rotatable bonds is 7. The third-order valence-corrected chi connectivity index (χ3v) is 14.7. The summed E-state index contributed by atoms with van der Waals surface area (Å²) in [6.07, 6.45) is 6.84. The largest absolute Gasteiger partial charge is 0.508 e. The van der Waals surface area contributed by atoms with Gasteiger partial charge in [0.05, 0.1) is 23.3 Å². The Bertz CT molecular complexity index is 4010. The molecule has 408 valence electrons. The minimum Gasteiger partial charge on any atom is -0.508 e. The van der Waals surface area contributed by atoms with Crippen LogP contribution in [0.25, 0.3) is 34.2 Å². The lowest BCUT2D eigenvalue weighted by Crippen LogP contribution is -2.31. The molecule has 1 unspecified atom stereocenters. The van der Waals surface area contributed by atoms with Crippen molar-refractivity contribution in [2.45, 2.75) is 19.3 Å². The first kappa shape index (κ1) is 56.3. The normalized spacial score (nSPS) is 14.3. The molecule has 12 rings (SSSR count). The Kier molecular flexibility index (Phi) is 17.2. The van der Waals surface area contributed by atoms with Gasteiger partial charge in [-0.05, 0) is 124 Å². The fraction of sp³-hybridized carbons (Fsp3) is 0.0952. The van der Waals surface area contributed by atoms with Crippen LogP contribution in [0.4, 0.5) is 0 Å². The zero-order valence-electron chi connectivity index (χ0n) is 42.8. The summed E-state index contributed by atoms with van der Waals surface area (Å²) < 4.78 is 27.5. The Balaban J connectivity index is 0.000000131. The van der Waals surface area contributed by atoms with Gasteiger partial charge in [0.1, 0.15) is 76.6 Å². The van der Waals surface area contributed by atoms with Crippen LogP contribution in [0.15, 0.2) is 177 Å². The molecule has 0 radical (unpaired) electrons. The molecule has 0 spiro atoms. The highest BCUT2D eigenvalue weighted by molar-refractivity contribution is 9.10. The van der Waals surface area contributed by atoms with Crippen molar-refractivity contribution in [3.63, 3.8) is 0 Å². The average Bonchev–Trinajstić information content (AvgIpc) is 4.14. The molecule has 5 N–H and O–H groups in total. The van der Waals surface area contributed by atoms with Crippen LogP contribution in [0.1, 0.15) is 64.1 Å². The number of fused-ring (bicyclic) bond motifs is 4. The standard InChI is InChI=1S/C17H13ClO4.C16H12O5.C16H12O4.C14H9BrO2S/c18-14-9-11(10-16-17(14)22-8-7-21-16)1-6-15(20)12-2-4-13(19)5-3-12;1-20-11-4-2-9(3-5-11)12-8-21-14-7-10(17)6-13(18)15(14)16(12)19;1-9-2-4-10(5-3-9)14-15(18)12-7-6-11(17)8-13(12)20-16(14)19;15-9-6-10(18-7-9)4-8-5-12-11(14(8)17)2-1-3-13(12)16/h1-6,9-10,19H,7-8H2;2-8,17-18H,1H3;2-8,14,17H,1H3;1-4,6-7,16H,5H2/b6-1+;;;8-4+. The molecule has 2 aliphatic heterocycles. The molecule has 0 amide bonds. The van der Waals surface area contributed by atoms with Crippen molar-refractivity contribution in [2.24, 2.45) is 0 Å². The van der Waals surface area contributed by atoms with Crippen molar-refractivity contribution in [2.75, 3.05) is 20.3 Å². The first-order valence-electron chi connectivity index (χ1n) is 24.6. The summed E-state index contributed by atoms with van der Waals surface area (Å²) in [7, 11) is 1.56. The molecule has 1 aliphatic carbocycles. The number of phenols is 5. The maximum absolute atomic E-state index is 12.5. The number of phenolic OH excluding ortho intramolecular Hbond substituents is 5. The highest BCUT2D eigenvalue weighted by atomic mass is 79.9. The second-order valence-corrected chi connectivity index (χ2v) is 20.5. The van der Waals surface area contributed by atoms with E-state index in [9.17, 15) is 49.5 Å². The highest BCUT2D eigenvalue weighted by Crippen LogP contribution is 2.40. The maximum atomic E-state index is 12.5. The number of allylic oxidation sites excluding steroid dienone is 2. The molecule has 3 aliphatic rings. The van der Waals surface area contributed by atoms with E-state index in [1.54, 1.807) is 103 Å². The van der Waals surface area contributed by atoms with E-state index in [4.69, 9.17) is 35.0 Å². The van der Waals surface area contributed by atoms with Crippen LogP contribution in [0.3, 0.4) is 0 Å². The topological polar surface area (TPSA) is 237 Å². The molecule has 1 atom stereocenters. The van der Waals surface area contributed by atoms with Crippen molar-refractivity contribution >= 4 is 85.3 Å². The summed E-state index contributed by atoms with van der Waals surface area (Å²) >= 11 is 11.1. The van der Waals surface area contributed by atoms with E-state index in [-0.39, 0.29) is 68.2 Å². The fourth-order valence-corrected chi connectivity index (χ4v) is 10.4. The smallest absolute Gasteiger partial charge is 0.326 e. The molecule has 0 bridgehead atoms. The number of ether oxygens (including phenoxy) is 4. The molecule has 0 saturated heterocycles. The van der Waals surface area contributed by atoms with Gasteiger partial charge >= 0.3 is 5.97 Å². The second-order valence-electron chi connectivity index (χ2n) is 18.3. The Labute approximate surface area is 479 Å². The number of hydrogen-bond donors (Lipinski definition) is 5. The predicted octanol–water partition coefficient (Wildman–Crippen LogP) is 13.2. The maximum Gasteiger partial charge on any atom is 0.326 e. The molecular formula is C63H46BrClO15S. The van der Waals surface area contributed by atoms with E-state index >= 15 is 0 Å². The van der Waals surface area contributed by atoms with Crippen LogP contribution in [0.5, 0.6) is 51.7 Å². The third kappa shape index (κ3) is 13.0. The molecule has 4 heterocycles. The number of ketones is 3. The Morgan fingerprint density at radius 2 is 1.47 bits per heavy atom. The summed E-state index contributed by atoms with van der Waals surface area (Å²) in [4.78, 5) is 62.2. The van der Waals surface area contributed by atoms with E-state index in [0.717, 1.165) is 37.7 Å². The summed E-state index contributed by atoms with van der Waals surface area (Å²) in [6.45, 7) is 2.88. The SMILES string of the molecule is COc1ccc(-c2coc3cc(O)cc(O)c3c2=O)cc1.Cc1ccc(C2C(=O)Oc3cc(O)ccc3C2=O)cc1.O=C(/C=C/c1cc(Cl)c2c(c1)OCCO2)c1ccc(O)cc1.O=C1/C(=C/c2cc(Br)cs2)Cc2c(O)cccc21. The van der Waals surface area contributed by atoms with Crippen molar-refractivity contribution in [3.05, 3.63) is 226 Å². The molecular weight excluding hydrogens is 1140 g/mol. The van der Waals surface area contributed by atoms with Crippen molar-refractivity contribution < 1.29 is 68.1 Å². The monoisotopic (exact) mass is 1190 g/mol. The number of hydrogen-bond acceptors (Lipinski definition) is 16. The molecule has 15 nitrogen and oxygen atoms in total. The minimum absolute atomic E-state index is 0.0189. The summed E-state index contributed by atoms with van der Waals surface area (Å²) in [5, 5.41) is 50.1. The number of carbonyl (C=O) groups excluding carboxylic acids is 4. The summed E-state index contributed by atoms with van der Waals surface area (Å²) in [5.74, 6) is -0.282. The van der Waals surface area contributed by atoms with Crippen LogP contribution >= 0.6 is 38.9 Å². The molecule has 0 saturated carbocycles. The van der Waals surface area contributed by atoms with E-state index < -0.39 is 11.9 Å². The molecule has 2 aromatic heterocycles. The van der Waals surface area contributed by atoms with E-state index in [1.165, 1.54) is 48.7 Å². The minimum atomic E-state index is -0.937. The lowest BCUT2D eigenvalue weighted by molar-refractivity contribution is -0.135. The molecule has 81 heavy (non-hydrogen) atoms. The van der Waals surface area contributed by atoms with Crippen LogP contribution < -0.4 is 24.4 Å². The zero-order valence-corrected chi connectivity index (χ0v) is 46.0. The fourth-order valence-electron chi connectivity index (χ4n) is 8.69. The number of esters is 1. The van der Waals surface area contributed by atoms with Gasteiger partial charge < -0.3 is 48.9 Å². The van der Waals surface area contributed by atoms with Crippen LogP contribution in [0, 0.1) is 6.92 Å². The number of halogens is 2. The van der Waals surface area contributed by atoms with Crippen molar-refractivity contribution in [3.8, 4) is 62.9 Å². The van der Waals surface area contributed by atoms with E-state index in [2.05, 4.69) is 15.9 Å². The van der Waals surface area contributed by atoms with E-state index in [1.807, 2.05) is 36.6 Å². The van der Waals surface area contributed by atoms with Crippen molar-refractivity contribution in [1.82, 2.24) is 0 Å². The molecule has 9 aromatic rings. The van der Waals surface area contributed by atoms with Crippen LogP contribution in [0.2, 0.25) is 5.02 Å². The van der Waals surface area contributed by atoms with Gasteiger partial charge in [0.2, 0.25) is 5.43 Å². The lowest BCUT2D eigenvalue weighted by atomic mass is 9.88. The first-order chi connectivity index (χ1) is 38.9. The molecule has 7 aromatic carbocycles. The third-order valence-electron chi connectivity index (χ3n) is 12.7. The molecule has 0 fully saturated rings. The van der Waals surface area contributed by atoms with Gasteiger partial charge in [0.25, 0.3) is 0 Å². The number of thiophene rings is 1. The number of aromatic hydroxyl groups is 5. The molecule has 18 heteroatoms. The van der Waals surface area contributed by atoms with Gasteiger partial charge in [0, 0.05) is 61.6 Å². The predicted molar refractivity (Wildman–Crippen MR) is 310 cm³/mol. The highest BCUT2D eigenvalue weighted by Gasteiger charge is 2.38. The summed E-state index contributed by atoms with van der Waals surface area (Å²) in [5.41, 5.74) is 6.08. The van der Waals surface area contributed by atoms with Gasteiger partial charge in [0.15, 0.2) is 28.8 Å². The van der Waals surface area contributed by atoms with Gasteiger partial charge in [-0.25, -0.2) is 0 Å². The van der Waals surface area contributed by atoms with Gasteiger partial charge in [-0.2, -0.15) is 0 Å². The zero-order chi connectivity index (χ0) is 57.5. The second kappa shape index (κ2) is 24.7. The Morgan fingerprint density at radius 3 is 2.17 bits per heavy atom. The van der Waals surface area contributed by atoms with Crippen LogP contribution in [-0.4, -0.2) is 69.2 Å². The van der Waals surface area contributed by atoms with Gasteiger partial charge in [-0.3, -0.25) is 24.0 Å². The number of methoxy groups -OCH3 is 1. The quantitative estimate of drug-likeness (QED) is 0.0328. The Hall–Kier alpha value is -9.42. The summed E-state index contributed by atoms with van der Waals surface area (Å²) in [6, 6.07) is 37.3. The lowest BCUT2D eigenvalue weighted by Gasteiger charge is -2.22.